The van der Waals surface area contributed by atoms with Crippen molar-refractivity contribution in [2.24, 2.45) is 5.92 Å². The van der Waals surface area contributed by atoms with E-state index in [9.17, 15) is 56.2 Å². The third kappa shape index (κ3) is 9.94. The Bertz CT molecular complexity index is 1250. The van der Waals surface area contributed by atoms with Crippen molar-refractivity contribution in [2.75, 3.05) is 46.1 Å². The summed E-state index contributed by atoms with van der Waals surface area (Å²) in [5, 5.41) is 116. The molecule has 1 aromatic carbocycles. The van der Waals surface area contributed by atoms with Gasteiger partial charge in [-0.25, -0.2) is 0 Å². The first-order valence-electron chi connectivity index (χ1n) is 18.3. The van der Waals surface area contributed by atoms with Crippen molar-refractivity contribution in [3.05, 3.63) is 35.9 Å². The molecule has 18 atom stereocenters. The molecule has 4 aliphatic heterocycles. The van der Waals surface area contributed by atoms with E-state index in [4.69, 9.17) is 33.2 Å². The summed E-state index contributed by atoms with van der Waals surface area (Å²) in [6, 6.07) is 9.15. The SMILES string of the molecule is CC(C)C1OC(COC2OC(CO)C(O)C(OC3CN(C(CO)Cc4ccccc4)CC(CO)O3)C2O)C(O)C(OC2OC(CO)C(O)C(O)C2O)C1O. The van der Waals surface area contributed by atoms with Crippen molar-refractivity contribution in [1.82, 2.24) is 4.90 Å². The minimum absolute atomic E-state index is 0.0948. The third-order valence-corrected chi connectivity index (χ3v) is 10.5. The Morgan fingerprint density at radius 1 is 0.648 bits per heavy atom. The van der Waals surface area contributed by atoms with Crippen LogP contribution in [0.3, 0.4) is 0 Å². The summed E-state index contributed by atoms with van der Waals surface area (Å²) in [5.41, 5.74) is 0.982. The molecule has 11 N–H and O–H groups in total. The van der Waals surface area contributed by atoms with Gasteiger partial charge in [0.25, 0.3) is 0 Å². The molecule has 0 bridgehead atoms. The maximum absolute atomic E-state index is 11.4. The number of nitrogens with zero attached hydrogens (tertiary/aromatic N) is 1. The highest BCUT2D eigenvalue weighted by atomic mass is 16.7. The Balaban J connectivity index is 1.27. The molecule has 0 amide bonds. The number of aliphatic hydroxyl groups is 11. The van der Waals surface area contributed by atoms with Gasteiger partial charge >= 0.3 is 0 Å². The predicted molar refractivity (Wildman–Crippen MR) is 181 cm³/mol. The first-order valence-corrected chi connectivity index (χ1v) is 18.3. The van der Waals surface area contributed by atoms with E-state index in [0.717, 1.165) is 5.56 Å². The van der Waals surface area contributed by atoms with Gasteiger partial charge < -0.3 is 89.3 Å². The molecule has 1 aromatic rings. The summed E-state index contributed by atoms with van der Waals surface area (Å²) in [4.78, 5) is 1.89. The van der Waals surface area contributed by atoms with E-state index >= 15 is 0 Å². The van der Waals surface area contributed by atoms with Crippen LogP contribution in [0.25, 0.3) is 0 Å². The molecule has 5 rings (SSSR count). The molecule has 0 spiro atoms. The zero-order chi connectivity index (χ0) is 39.3. The molecule has 0 aromatic heterocycles. The number of benzene rings is 1. The Morgan fingerprint density at radius 2 is 1.28 bits per heavy atom. The number of aliphatic hydroxyl groups excluding tert-OH is 11. The summed E-state index contributed by atoms with van der Waals surface area (Å²) in [6.45, 7) is 1.34. The van der Waals surface area contributed by atoms with Crippen LogP contribution < -0.4 is 0 Å². The normalized spacial score (nSPS) is 43.0. The predicted octanol–water partition coefficient (Wildman–Crippen LogP) is -5.22. The highest BCUT2D eigenvalue weighted by Crippen LogP contribution is 2.33. The number of morpholine rings is 1. The lowest BCUT2D eigenvalue weighted by atomic mass is 9.89. The molecule has 4 saturated heterocycles. The fraction of sp³-hybridized carbons (Fsp3) is 0.829. The lowest BCUT2D eigenvalue weighted by Crippen LogP contribution is -2.65. The van der Waals surface area contributed by atoms with Gasteiger partial charge in [-0.2, -0.15) is 0 Å². The van der Waals surface area contributed by atoms with Crippen LogP contribution in [0.1, 0.15) is 19.4 Å². The zero-order valence-electron chi connectivity index (χ0n) is 30.2. The lowest BCUT2D eigenvalue weighted by Gasteiger charge is -2.48. The van der Waals surface area contributed by atoms with Gasteiger partial charge in [0, 0.05) is 12.6 Å². The van der Waals surface area contributed by atoms with Crippen LogP contribution in [0.2, 0.25) is 0 Å². The molecule has 4 heterocycles. The highest BCUT2D eigenvalue weighted by Gasteiger charge is 2.53. The van der Waals surface area contributed by atoms with Crippen LogP contribution in [0.4, 0.5) is 0 Å². The van der Waals surface area contributed by atoms with Crippen molar-refractivity contribution in [3.63, 3.8) is 0 Å². The van der Waals surface area contributed by atoms with Crippen molar-refractivity contribution >= 4 is 0 Å². The van der Waals surface area contributed by atoms with Crippen LogP contribution in [-0.2, 0) is 39.6 Å². The van der Waals surface area contributed by atoms with E-state index in [-0.39, 0.29) is 38.3 Å². The molecule has 18 unspecified atom stereocenters. The maximum Gasteiger partial charge on any atom is 0.187 e. The number of rotatable bonds is 15. The zero-order valence-corrected chi connectivity index (χ0v) is 30.2. The second-order valence-electron chi connectivity index (χ2n) is 14.7. The van der Waals surface area contributed by atoms with Crippen molar-refractivity contribution in [1.29, 1.82) is 0 Å². The molecular weight excluding hydrogens is 722 g/mol. The van der Waals surface area contributed by atoms with Gasteiger partial charge in [-0.3, -0.25) is 4.90 Å². The molecule has 0 radical (unpaired) electrons. The molecule has 54 heavy (non-hydrogen) atoms. The van der Waals surface area contributed by atoms with Crippen molar-refractivity contribution < 1.29 is 89.3 Å². The van der Waals surface area contributed by atoms with Gasteiger partial charge in [-0.05, 0) is 17.9 Å². The minimum Gasteiger partial charge on any atom is -0.395 e. The van der Waals surface area contributed by atoms with E-state index < -0.39 is 124 Å². The molecule has 4 aliphatic rings. The van der Waals surface area contributed by atoms with Crippen LogP contribution in [0.5, 0.6) is 0 Å². The Hall–Kier alpha value is -1.54. The largest absolute Gasteiger partial charge is 0.395 e. The molecule has 19 nitrogen and oxygen atoms in total. The molecule has 0 aliphatic carbocycles. The average Bonchev–Trinajstić information content (AvgIpc) is 3.17. The van der Waals surface area contributed by atoms with Gasteiger partial charge in [-0.1, -0.05) is 44.2 Å². The number of ether oxygens (including phenoxy) is 7. The second-order valence-corrected chi connectivity index (χ2v) is 14.7. The van der Waals surface area contributed by atoms with Crippen molar-refractivity contribution in [3.8, 4) is 0 Å². The molecule has 310 valence electrons. The Morgan fingerprint density at radius 3 is 1.91 bits per heavy atom. The van der Waals surface area contributed by atoms with E-state index in [0.29, 0.717) is 6.42 Å². The average molecular weight is 780 g/mol. The van der Waals surface area contributed by atoms with Crippen LogP contribution in [0.15, 0.2) is 30.3 Å². The smallest absolute Gasteiger partial charge is 0.187 e. The van der Waals surface area contributed by atoms with Crippen LogP contribution >= 0.6 is 0 Å². The highest BCUT2D eigenvalue weighted by molar-refractivity contribution is 5.16. The summed E-state index contributed by atoms with van der Waals surface area (Å²) in [5.74, 6) is -0.352. The molecule has 4 fully saturated rings. The van der Waals surface area contributed by atoms with E-state index in [1.165, 1.54) is 0 Å². The first-order chi connectivity index (χ1) is 25.8. The Kier molecular flexibility index (Phi) is 15.9. The minimum atomic E-state index is -1.81. The van der Waals surface area contributed by atoms with Gasteiger partial charge in [0.1, 0.15) is 73.2 Å². The standard InChI is InChI=1S/C35H57NO18/c1-16(2)31-29(46)32(54-35-28(45)27(44)24(41)20(13-39)52-35)26(43)22(50-31)15-48-34-30(47)33(25(42)21(14-40)51-34)53-23-10-36(9-19(12-38)49-23)18(11-37)8-17-6-4-3-5-7-17/h3-7,16,18-35,37-47H,8-15H2,1-2H3. The fourth-order valence-corrected chi connectivity index (χ4v) is 7.36. The molecular formula is C35H57NO18. The number of hydrogen-bond acceptors (Lipinski definition) is 19. The summed E-state index contributed by atoms with van der Waals surface area (Å²) < 4.78 is 40.7. The quantitative estimate of drug-likeness (QED) is 0.0793. The summed E-state index contributed by atoms with van der Waals surface area (Å²) in [7, 11) is 0. The number of hydrogen-bond donors (Lipinski definition) is 11. The Labute approximate surface area is 312 Å². The van der Waals surface area contributed by atoms with E-state index in [1.807, 2.05) is 35.2 Å². The topological polar surface area (TPSA) is 290 Å². The van der Waals surface area contributed by atoms with Crippen LogP contribution in [0, 0.1) is 5.92 Å². The van der Waals surface area contributed by atoms with Gasteiger partial charge in [0.15, 0.2) is 18.9 Å². The third-order valence-electron chi connectivity index (χ3n) is 10.5. The van der Waals surface area contributed by atoms with Gasteiger partial charge in [0.2, 0.25) is 0 Å². The van der Waals surface area contributed by atoms with Crippen LogP contribution in [-0.4, -0.2) is 218 Å². The fourth-order valence-electron chi connectivity index (χ4n) is 7.36. The van der Waals surface area contributed by atoms with E-state index in [1.54, 1.807) is 13.8 Å². The lowest BCUT2D eigenvalue weighted by molar-refractivity contribution is -0.354. The van der Waals surface area contributed by atoms with Gasteiger partial charge in [-0.15, -0.1) is 0 Å². The monoisotopic (exact) mass is 779 g/mol. The van der Waals surface area contributed by atoms with Gasteiger partial charge in [0.05, 0.1) is 51.8 Å². The second kappa shape index (κ2) is 19.7. The van der Waals surface area contributed by atoms with E-state index in [2.05, 4.69) is 0 Å². The van der Waals surface area contributed by atoms with Crippen molar-refractivity contribution in [2.45, 2.75) is 131 Å². The molecule has 19 heteroatoms. The summed E-state index contributed by atoms with van der Waals surface area (Å²) in [6.07, 6.45) is -24.0. The molecule has 0 saturated carbocycles. The maximum atomic E-state index is 11.4. The first kappa shape index (κ1) is 43.6. The summed E-state index contributed by atoms with van der Waals surface area (Å²) >= 11 is 0.